The lowest BCUT2D eigenvalue weighted by atomic mass is 10.2. The van der Waals surface area contributed by atoms with Crippen molar-refractivity contribution in [3.8, 4) is 6.07 Å². The monoisotopic (exact) mass is 225 g/mol. The van der Waals surface area contributed by atoms with Gasteiger partial charge in [0.25, 0.3) is 0 Å². The lowest BCUT2D eigenvalue weighted by Gasteiger charge is -2.04. The van der Waals surface area contributed by atoms with Crippen LogP contribution in [0, 0.1) is 11.3 Å². The minimum atomic E-state index is -3.54. The van der Waals surface area contributed by atoms with Gasteiger partial charge in [-0.05, 0) is 18.2 Å². The first-order chi connectivity index (χ1) is 7.10. The lowest BCUT2D eigenvalue weighted by Crippen LogP contribution is -2.29. The number of nitrogens with one attached hydrogen (secondary N) is 1. The van der Waals surface area contributed by atoms with E-state index >= 15 is 0 Å². The summed E-state index contributed by atoms with van der Waals surface area (Å²) < 4.78 is 25.5. The van der Waals surface area contributed by atoms with E-state index in [1.165, 1.54) is 18.2 Å². The van der Waals surface area contributed by atoms with Gasteiger partial charge in [0.05, 0.1) is 16.5 Å². The van der Waals surface area contributed by atoms with Crippen LogP contribution in [0.2, 0.25) is 0 Å². The molecular weight excluding hydrogens is 214 g/mol. The first-order valence-electron chi connectivity index (χ1n) is 4.30. The molecule has 80 valence electrons. The maximum atomic E-state index is 11.6. The highest BCUT2D eigenvalue weighted by atomic mass is 32.2. The average molecular weight is 225 g/mol. The van der Waals surface area contributed by atoms with E-state index in [-0.39, 0.29) is 18.0 Å². The summed E-state index contributed by atoms with van der Waals surface area (Å²) in [6.07, 6.45) is 0. The Morgan fingerprint density at radius 3 is 2.80 bits per heavy atom. The number of rotatable bonds is 4. The van der Waals surface area contributed by atoms with Crippen molar-refractivity contribution < 1.29 is 8.42 Å². The molecule has 6 heteroatoms. The molecule has 0 spiro atoms. The highest BCUT2D eigenvalue weighted by molar-refractivity contribution is 7.89. The molecule has 0 saturated heterocycles. The van der Waals surface area contributed by atoms with Gasteiger partial charge in [-0.15, -0.1) is 0 Å². The highest BCUT2D eigenvalue weighted by Crippen LogP contribution is 2.10. The Morgan fingerprint density at radius 1 is 1.47 bits per heavy atom. The summed E-state index contributed by atoms with van der Waals surface area (Å²) in [5.41, 5.74) is 5.50. The fourth-order valence-corrected chi connectivity index (χ4v) is 2.10. The van der Waals surface area contributed by atoms with E-state index in [0.29, 0.717) is 5.56 Å². The first kappa shape index (κ1) is 11.7. The Labute approximate surface area is 88.6 Å². The molecular formula is C9H11N3O2S. The zero-order chi connectivity index (χ0) is 11.3. The molecule has 0 amide bonds. The predicted octanol–water partition coefficient (Wildman–Crippen LogP) is -0.205. The van der Waals surface area contributed by atoms with Crippen molar-refractivity contribution in [2.75, 3.05) is 13.1 Å². The van der Waals surface area contributed by atoms with E-state index in [1.807, 2.05) is 6.07 Å². The van der Waals surface area contributed by atoms with Crippen molar-refractivity contribution in [1.29, 1.82) is 5.26 Å². The molecule has 0 unspecified atom stereocenters. The Hall–Kier alpha value is -1.42. The molecule has 15 heavy (non-hydrogen) atoms. The summed E-state index contributed by atoms with van der Waals surface area (Å²) in [7, 11) is -3.54. The third-order valence-corrected chi connectivity index (χ3v) is 3.17. The molecule has 1 rings (SSSR count). The third kappa shape index (κ3) is 3.02. The van der Waals surface area contributed by atoms with Gasteiger partial charge in [0.1, 0.15) is 0 Å². The second-order valence-electron chi connectivity index (χ2n) is 2.83. The van der Waals surface area contributed by atoms with Crippen molar-refractivity contribution in [2.45, 2.75) is 4.90 Å². The topological polar surface area (TPSA) is 96.0 Å². The van der Waals surface area contributed by atoms with Crippen LogP contribution in [0.25, 0.3) is 0 Å². The predicted molar refractivity (Wildman–Crippen MR) is 55.4 cm³/mol. The molecule has 1 aromatic carbocycles. The second-order valence-corrected chi connectivity index (χ2v) is 4.59. The molecule has 0 bridgehead atoms. The summed E-state index contributed by atoms with van der Waals surface area (Å²) in [6, 6.07) is 7.69. The quantitative estimate of drug-likeness (QED) is 0.741. The van der Waals surface area contributed by atoms with Gasteiger partial charge < -0.3 is 5.73 Å². The van der Waals surface area contributed by atoms with E-state index in [1.54, 1.807) is 6.07 Å². The molecule has 0 aromatic heterocycles. The van der Waals surface area contributed by atoms with Crippen LogP contribution in [0.4, 0.5) is 0 Å². The van der Waals surface area contributed by atoms with Gasteiger partial charge in [-0.3, -0.25) is 0 Å². The number of hydrogen-bond donors (Lipinski definition) is 2. The minimum Gasteiger partial charge on any atom is -0.329 e. The van der Waals surface area contributed by atoms with Gasteiger partial charge in [0, 0.05) is 13.1 Å². The minimum absolute atomic E-state index is 0.0787. The van der Waals surface area contributed by atoms with Gasteiger partial charge in [-0.1, -0.05) is 6.07 Å². The van der Waals surface area contributed by atoms with Crippen LogP contribution < -0.4 is 10.5 Å². The Morgan fingerprint density at radius 2 is 2.20 bits per heavy atom. The first-order valence-corrected chi connectivity index (χ1v) is 5.78. The second kappa shape index (κ2) is 4.89. The summed E-state index contributed by atoms with van der Waals surface area (Å²) in [4.78, 5) is 0.0787. The van der Waals surface area contributed by atoms with Gasteiger partial charge in [-0.2, -0.15) is 5.26 Å². The fraction of sp³-hybridized carbons (Fsp3) is 0.222. The van der Waals surface area contributed by atoms with Gasteiger partial charge >= 0.3 is 0 Å². The van der Waals surface area contributed by atoms with Crippen LogP contribution in [0.3, 0.4) is 0 Å². The fourth-order valence-electron chi connectivity index (χ4n) is 1.01. The van der Waals surface area contributed by atoms with E-state index in [4.69, 9.17) is 11.0 Å². The average Bonchev–Trinajstić information content (AvgIpc) is 2.26. The normalized spacial score (nSPS) is 10.9. The van der Waals surface area contributed by atoms with Crippen LogP contribution in [-0.2, 0) is 10.0 Å². The van der Waals surface area contributed by atoms with Crippen LogP contribution in [-0.4, -0.2) is 21.5 Å². The summed E-state index contributed by atoms with van der Waals surface area (Å²) in [5, 5.41) is 8.62. The van der Waals surface area contributed by atoms with E-state index in [9.17, 15) is 8.42 Å². The van der Waals surface area contributed by atoms with Crippen molar-refractivity contribution in [2.24, 2.45) is 5.73 Å². The Balaban J connectivity index is 3.01. The number of nitrogens with zero attached hydrogens (tertiary/aromatic N) is 1. The largest absolute Gasteiger partial charge is 0.329 e. The summed E-state index contributed by atoms with van der Waals surface area (Å²) in [6.45, 7) is 0.413. The van der Waals surface area contributed by atoms with Crippen LogP contribution >= 0.6 is 0 Å². The molecule has 0 aliphatic carbocycles. The molecule has 1 aromatic rings. The number of sulfonamides is 1. The number of hydrogen-bond acceptors (Lipinski definition) is 4. The van der Waals surface area contributed by atoms with Crippen molar-refractivity contribution in [3.63, 3.8) is 0 Å². The van der Waals surface area contributed by atoms with E-state index in [0.717, 1.165) is 0 Å². The van der Waals surface area contributed by atoms with Crippen molar-refractivity contribution >= 4 is 10.0 Å². The van der Waals surface area contributed by atoms with Crippen molar-refractivity contribution in [3.05, 3.63) is 29.8 Å². The molecule has 5 nitrogen and oxygen atoms in total. The lowest BCUT2D eigenvalue weighted by molar-refractivity contribution is 0.582. The third-order valence-electron chi connectivity index (χ3n) is 1.71. The molecule has 0 aliphatic heterocycles. The number of nitrogens with two attached hydrogens (primary N) is 1. The van der Waals surface area contributed by atoms with Gasteiger partial charge in [0.2, 0.25) is 10.0 Å². The van der Waals surface area contributed by atoms with Gasteiger partial charge in [-0.25, -0.2) is 13.1 Å². The highest BCUT2D eigenvalue weighted by Gasteiger charge is 2.12. The molecule has 0 atom stereocenters. The summed E-state index contributed by atoms with van der Waals surface area (Å²) in [5.74, 6) is 0. The Bertz CT molecular complexity index is 476. The zero-order valence-electron chi connectivity index (χ0n) is 7.97. The van der Waals surface area contributed by atoms with Crippen LogP contribution in [0.15, 0.2) is 29.2 Å². The molecule has 0 radical (unpaired) electrons. The van der Waals surface area contributed by atoms with Crippen molar-refractivity contribution in [1.82, 2.24) is 4.72 Å². The molecule has 3 N–H and O–H groups in total. The smallest absolute Gasteiger partial charge is 0.240 e. The molecule has 0 fully saturated rings. The van der Waals surface area contributed by atoms with Crippen LogP contribution in [0.1, 0.15) is 5.56 Å². The zero-order valence-corrected chi connectivity index (χ0v) is 8.79. The van der Waals surface area contributed by atoms with E-state index < -0.39 is 10.0 Å². The SMILES string of the molecule is N#Cc1cccc(S(=O)(=O)NCCN)c1. The maximum absolute atomic E-state index is 11.6. The van der Waals surface area contributed by atoms with E-state index in [2.05, 4.69) is 4.72 Å². The molecule has 0 heterocycles. The standard InChI is InChI=1S/C9H11N3O2S/c10-4-5-12-15(13,14)9-3-1-2-8(6-9)7-11/h1-3,6,12H,4-5,10H2. The molecule has 0 saturated carbocycles. The Kier molecular flexibility index (Phi) is 3.80. The number of nitriles is 1. The molecule has 0 aliphatic rings. The number of benzene rings is 1. The summed E-state index contributed by atoms with van der Waals surface area (Å²) >= 11 is 0. The van der Waals surface area contributed by atoms with Gasteiger partial charge in [0.15, 0.2) is 0 Å². The maximum Gasteiger partial charge on any atom is 0.240 e. The van der Waals surface area contributed by atoms with Crippen LogP contribution in [0.5, 0.6) is 0 Å².